The Hall–Kier alpha value is -1.62. The second-order valence-electron chi connectivity index (χ2n) is 4.96. The van der Waals surface area contributed by atoms with Crippen LogP contribution in [0.1, 0.15) is 19.8 Å². The lowest BCUT2D eigenvalue weighted by Gasteiger charge is -2.17. The average Bonchev–Trinajstić information content (AvgIpc) is 3.19. The van der Waals surface area contributed by atoms with Gasteiger partial charge in [-0.2, -0.15) is 0 Å². The van der Waals surface area contributed by atoms with Crippen molar-refractivity contribution in [2.75, 3.05) is 6.54 Å². The second kappa shape index (κ2) is 6.02. The molecule has 0 spiro atoms. The Balaban J connectivity index is 1.78. The van der Waals surface area contributed by atoms with Crippen LogP contribution in [0.4, 0.5) is 4.39 Å². The van der Waals surface area contributed by atoms with E-state index in [2.05, 4.69) is 5.32 Å². The topological polar surface area (TPSA) is 64.3 Å². The van der Waals surface area contributed by atoms with Gasteiger partial charge in [-0.25, -0.2) is 4.39 Å². The molecular formula is C14H19FN2O2. The number of rotatable bonds is 6. The van der Waals surface area contributed by atoms with E-state index in [9.17, 15) is 9.18 Å². The summed E-state index contributed by atoms with van der Waals surface area (Å²) in [5.41, 5.74) is 5.89. The van der Waals surface area contributed by atoms with Gasteiger partial charge in [0.15, 0.2) is 6.10 Å². The lowest BCUT2D eigenvalue weighted by atomic mass is 10.2. The van der Waals surface area contributed by atoms with Crippen molar-refractivity contribution < 1.29 is 13.9 Å². The van der Waals surface area contributed by atoms with E-state index in [0.29, 0.717) is 18.2 Å². The molecular weight excluding hydrogens is 247 g/mol. The van der Waals surface area contributed by atoms with Crippen LogP contribution in [-0.4, -0.2) is 24.6 Å². The van der Waals surface area contributed by atoms with Gasteiger partial charge >= 0.3 is 0 Å². The molecule has 2 unspecified atom stereocenters. The number of hydrogen-bond donors (Lipinski definition) is 2. The van der Waals surface area contributed by atoms with Crippen molar-refractivity contribution >= 4 is 5.91 Å². The normalized spacial score (nSPS) is 17.6. The van der Waals surface area contributed by atoms with Crippen LogP contribution in [0, 0.1) is 11.7 Å². The first-order valence-corrected chi connectivity index (χ1v) is 6.52. The number of nitrogens with one attached hydrogen (secondary N) is 1. The average molecular weight is 266 g/mol. The van der Waals surface area contributed by atoms with E-state index in [1.54, 1.807) is 13.0 Å². The fourth-order valence-electron chi connectivity index (χ4n) is 1.85. The van der Waals surface area contributed by atoms with Crippen molar-refractivity contribution in [2.24, 2.45) is 11.7 Å². The predicted octanol–water partition coefficient (Wildman–Crippen LogP) is 1.45. The minimum absolute atomic E-state index is 0.0188. The predicted molar refractivity (Wildman–Crippen MR) is 70.2 cm³/mol. The van der Waals surface area contributed by atoms with Crippen molar-refractivity contribution in [3.63, 3.8) is 0 Å². The first-order valence-electron chi connectivity index (χ1n) is 6.52. The van der Waals surface area contributed by atoms with E-state index in [4.69, 9.17) is 10.5 Å². The molecule has 0 aliphatic heterocycles. The molecule has 2 rings (SSSR count). The van der Waals surface area contributed by atoms with Crippen molar-refractivity contribution in [3.8, 4) is 5.75 Å². The highest BCUT2D eigenvalue weighted by molar-refractivity contribution is 5.80. The molecule has 1 aliphatic rings. The molecule has 0 bridgehead atoms. The molecule has 104 valence electrons. The van der Waals surface area contributed by atoms with Crippen molar-refractivity contribution in [3.05, 3.63) is 30.1 Å². The SMILES string of the molecule is CC(Oc1cccc(F)c1)C(=O)NCC(N)C1CC1. The molecule has 1 aliphatic carbocycles. The Bertz CT molecular complexity index is 449. The van der Waals surface area contributed by atoms with Gasteiger partial charge in [-0.1, -0.05) is 6.07 Å². The van der Waals surface area contributed by atoms with E-state index in [1.165, 1.54) is 18.2 Å². The molecule has 2 atom stereocenters. The van der Waals surface area contributed by atoms with Crippen LogP contribution in [0.5, 0.6) is 5.75 Å². The van der Waals surface area contributed by atoms with Crippen LogP contribution in [0.2, 0.25) is 0 Å². The van der Waals surface area contributed by atoms with Gasteiger partial charge in [0.2, 0.25) is 0 Å². The molecule has 3 N–H and O–H groups in total. The van der Waals surface area contributed by atoms with Crippen molar-refractivity contribution in [1.82, 2.24) is 5.32 Å². The molecule has 0 heterocycles. The van der Waals surface area contributed by atoms with Crippen molar-refractivity contribution in [2.45, 2.75) is 31.9 Å². The van der Waals surface area contributed by atoms with Crippen LogP contribution >= 0.6 is 0 Å². The lowest BCUT2D eigenvalue weighted by molar-refractivity contribution is -0.127. The number of hydrogen-bond acceptors (Lipinski definition) is 3. The van der Waals surface area contributed by atoms with E-state index < -0.39 is 6.10 Å². The fourth-order valence-corrected chi connectivity index (χ4v) is 1.85. The van der Waals surface area contributed by atoms with E-state index in [1.807, 2.05) is 0 Å². The summed E-state index contributed by atoms with van der Waals surface area (Å²) in [6.07, 6.45) is 1.62. The number of carbonyl (C=O) groups is 1. The Kier molecular flexibility index (Phi) is 4.37. The molecule has 0 saturated heterocycles. The van der Waals surface area contributed by atoms with Gasteiger partial charge in [0.25, 0.3) is 5.91 Å². The maximum absolute atomic E-state index is 13.0. The number of halogens is 1. The number of nitrogens with two attached hydrogens (primary N) is 1. The summed E-state index contributed by atoms with van der Waals surface area (Å²) >= 11 is 0. The van der Waals surface area contributed by atoms with E-state index >= 15 is 0 Å². The summed E-state index contributed by atoms with van der Waals surface area (Å²) in [7, 11) is 0. The Morgan fingerprint density at radius 3 is 2.95 bits per heavy atom. The molecule has 0 aromatic heterocycles. The molecule has 5 heteroatoms. The van der Waals surface area contributed by atoms with Gasteiger partial charge in [0.1, 0.15) is 11.6 Å². The zero-order valence-electron chi connectivity index (χ0n) is 10.9. The largest absolute Gasteiger partial charge is 0.481 e. The third-order valence-corrected chi connectivity index (χ3v) is 3.22. The molecule has 1 aromatic rings. The van der Waals surface area contributed by atoms with Gasteiger partial charge in [-0.05, 0) is 37.8 Å². The second-order valence-corrected chi connectivity index (χ2v) is 4.96. The highest BCUT2D eigenvalue weighted by atomic mass is 19.1. The fraction of sp³-hybridized carbons (Fsp3) is 0.500. The molecule has 1 aromatic carbocycles. The number of amides is 1. The summed E-state index contributed by atoms with van der Waals surface area (Å²) < 4.78 is 18.3. The number of ether oxygens (including phenoxy) is 1. The third kappa shape index (κ3) is 4.21. The summed E-state index contributed by atoms with van der Waals surface area (Å²) in [6, 6.07) is 5.75. The van der Waals surface area contributed by atoms with Crippen LogP contribution in [0.15, 0.2) is 24.3 Å². The van der Waals surface area contributed by atoms with Gasteiger partial charge in [0, 0.05) is 18.7 Å². The molecule has 19 heavy (non-hydrogen) atoms. The van der Waals surface area contributed by atoms with Gasteiger partial charge in [-0.15, -0.1) is 0 Å². The van der Waals surface area contributed by atoms with Crippen LogP contribution in [0.3, 0.4) is 0 Å². The lowest BCUT2D eigenvalue weighted by Crippen LogP contribution is -2.43. The molecule has 1 fully saturated rings. The molecule has 1 saturated carbocycles. The van der Waals surface area contributed by atoms with Crippen LogP contribution in [0.25, 0.3) is 0 Å². The zero-order chi connectivity index (χ0) is 13.8. The number of carbonyl (C=O) groups excluding carboxylic acids is 1. The minimum atomic E-state index is -0.673. The van der Waals surface area contributed by atoms with E-state index in [0.717, 1.165) is 12.8 Å². The maximum atomic E-state index is 13.0. The summed E-state index contributed by atoms with van der Waals surface area (Å²) in [5.74, 6) is 0.259. The summed E-state index contributed by atoms with van der Waals surface area (Å²) in [6.45, 7) is 2.09. The Morgan fingerprint density at radius 1 is 1.58 bits per heavy atom. The van der Waals surface area contributed by atoms with Gasteiger partial charge in [-0.3, -0.25) is 4.79 Å². The summed E-state index contributed by atoms with van der Waals surface area (Å²) in [4.78, 5) is 11.8. The highest BCUT2D eigenvalue weighted by Gasteiger charge is 2.29. The summed E-state index contributed by atoms with van der Waals surface area (Å²) in [5, 5.41) is 2.76. The molecule has 4 nitrogen and oxygen atoms in total. The zero-order valence-corrected chi connectivity index (χ0v) is 10.9. The smallest absolute Gasteiger partial charge is 0.260 e. The minimum Gasteiger partial charge on any atom is -0.481 e. The van der Waals surface area contributed by atoms with Gasteiger partial charge < -0.3 is 15.8 Å². The van der Waals surface area contributed by atoms with E-state index in [-0.39, 0.29) is 17.8 Å². The molecule has 1 amide bonds. The standard InChI is InChI=1S/C14H19FN2O2/c1-9(19-12-4-2-3-11(15)7-12)14(18)17-8-13(16)10-5-6-10/h2-4,7,9-10,13H,5-6,8,16H2,1H3,(H,17,18). The first-order chi connectivity index (χ1) is 9.06. The quantitative estimate of drug-likeness (QED) is 0.819. The van der Waals surface area contributed by atoms with Crippen molar-refractivity contribution in [1.29, 1.82) is 0 Å². The van der Waals surface area contributed by atoms with Crippen LogP contribution in [-0.2, 0) is 4.79 Å². The van der Waals surface area contributed by atoms with Crippen LogP contribution < -0.4 is 15.8 Å². The Morgan fingerprint density at radius 2 is 2.32 bits per heavy atom. The number of benzene rings is 1. The third-order valence-electron chi connectivity index (χ3n) is 3.22. The highest BCUT2D eigenvalue weighted by Crippen LogP contribution is 2.31. The monoisotopic (exact) mass is 266 g/mol. The van der Waals surface area contributed by atoms with Gasteiger partial charge in [0.05, 0.1) is 0 Å². The maximum Gasteiger partial charge on any atom is 0.260 e. The Labute approximate surface area is 112 Å². The first kappa shape index (κ1) is 13.8. The molecule has 0 radical (unpaired) electrons.